The number of nitrogens with one attached hydrogen (secondary N) is 1. The van der Waals surface area contributed by atoms with E-state index in [-0.39, 0.29) is 5.56 Å². The predicted molar refractivity (Wildman–Crippen MR) is 93.9 cm³/mol. The number of hydrogen-bond donors (Lipinski definition) is 2. The van der Waals surface area contributed by atoms with E-state index in [1.807, 2.05) is 6.07 Å². The number of aromatic carboxylic acids is 1. The molecule has 7 heteroatoms. The minimum absolute atomic E-state index is 0.107. The van der Waals surface area contributed by atoms with E-state index in [2.05, 4.69) is 20.7 Å². The van der Waals surface area contributed by atoms with E-state index < -0.39 is 16.0 Å². The van der Waals surface area contributed by atoms with Crippen LogP contribution in [0.5, 0.6) is 0 Å². The minimum atomic E-state index is -3.69. The third-order valence-electron chi connectivity index (χ3n) is 3.01. The lowest BCUT2D eigenvalue weighted by atomic mass is 10.1. The highest BCUT2D eigenvalue weighted by molar-refractivity contribution is 9.10. The van der Waals surface area contributed by atoms with Crippen molar-refractivity contribution in [2.24, 2.45) is 0 Å². The molecule has 0 saturated carbocycles. The van der Waals surface area contributed by atoms with E-state index in [4.69, 9.17) is 5.11 Å². The van der Waals surface area contributed by atoms with Gasteiger partial charge in [-0.15, -0.1) is 0 Å². The van der Waals surface area contributed by atoms with Crippen molar-refractivity contribution in [1.82, 2.24) is 0 Å². The summed E-state index contributed by atoms with van der Waals surface area (Å²) in [6, 6.07) is 11.4. The maximum atomic E-state index is 12.1. The number of carboxylic acids is 1. The second kappa shape index (κ2) is 6.97. The number of sulfonamides is 1. The molecule has 0 aliphatic carbocycles. The van der Waals surface area contributed by atoms with E-state index in [9.17, 15) is 13.2 Å². The molecule has 2 rings (SSSR count). The van der Waals surface area contributed by atoms with Gasteiger partial charge in [-0.25, -0.2) is 13.2 Å². The van der Waals surface area contributed by atoms with Gasteiger partial charge in [-0.05, 0) is 54.5 Å². The van der Waals surface area contributed by atoms with Gasteiger partial charge in [0.2, 0.25) is 0 Å². The van der Waals surface area contributed by atoms with Crippen molar-refractivity contribution in [3.63, 3.8) is 0 Å². The Morgan fingerprint density at radius 2 is 1.96 bits per heavy atom. The molecule has 0 atom stereocenters. The lowest BCUT2D eigenvalue weighted by Crippen LogP contribution is -2.10. The average molecular weight is 396 g/mol. The summed E-state index contributed by atoms with van der Waals surface area (Å²) in [6.07, 6.45) is 1.48. The van der Waals surface area contributed by atoms with Crippen LogP contribution in [0.1, 0.15) is 21.5 Å². The molecule has 0 aliphatic rings. The largest absolute Gasteiger partial charge is 0.478 e. The minimum Gasteiger partial charge on any atom is -0.478 e. The lowest BCUT2D eigenvalue weighted by Gasteiger charge is -2.08. The van der Waals surface area contributed by atoms with Gasteiger partial charge in [0.05, 0.1) is 16.7 Å². The molecule has 0 unspecified atom stereocenters. The Kier molecular flexibility index (Phi) is 5.23. The SMILES string of the molecule is Cc1cc(C(=O)O)ccc1NS(=O)(=O)/C=C/c1cccc(Br)c1. The van der Waals surface area contributed by atoms with E-state index in [0.717, 1.165) is 15.4 Å². The molecule has 0 bridgehead atoms. The summed E-state index contributed by atoms with van der Waals surface area (Å²) in [5, 5.41) is 9.98. The van der Waals surface area contributed by atoms with Crippen molar-refractivity contribution in [2.45, 2.75) is 6.92 Å². The molecule has 0 saturated heterocycles. The molecule has 0 radical (unpaired) electrons. The first-order valence-corrected chi connectivity index (χ1v) is 8.91. The van der Waals surface area contributed by atoms with Gasteiger partial charge in [0, 0.05) is 4.47 Å². The predicted octanol–water partition coefficient (Wildman–Crippen LogP) is 3.87. The summed E-state index contributed by atoms with van der Waals surface area (Å²) in [5.41, 5.74) is 1.72. The molecule has 120 valence electrons. The number of aryl methyl sites for hydroxylation is 1. The summed E-state index contributed by atoms with van der Waals surface area (Å²) < 4.78 is 27.5. The molecule has 0 spiro atoms. The molecule has 5 nitrogen and oxygen atoms in total. The quantitative estimate of drug-likeness (QED) is 0.804. The number of anilines is 1. The Bertz CT molecular complexity index is 875. The normalized spacial score (nSPS) is 11.6. The number of hydrogen-bond acceptors (Lipinski definition) is 3. The Morgan fingerprint density at radius 3 is 2.57 bits per heavy atom. The van der Waals surface area contributed by atoms with Crippen LogP contribution in [-0.2, 0) is 10.0 Å². The Morgan fingerprint density at radius 1 is 1.22 bits per heavy atom. The molecule has 2 aromatic rings. The van der Waals surface area contributed by atoms with Crippen LogP contribution in [0.4, 0.5) is 5.69 Å². The maximum absolute atomic E-state index is 12.1. The number of carboxylic acid groups (broad SMARTS) is 1. The van der Waals surface area contributed by atoms with Gasteiger partial charge in [-0.3, -0.25) is 4.72 Å². The molecule has 0 aliphatic heterocycles. The van der Waals surface area contributed by atoms with E-state index in [1.165, 1.54) is 24.3 Å². The fourth-order valence-corrected chi connectivity index (χ4v) is 3.23. The summed E-state index contributed by atoms with van der Waals surface area (Å²) >= 11 is 3.32. The van der Waals surface area contributed by atoms with Crippen LogP contribution in [0.2, 0.25) is 0 Å². The molecule has 2 N–H and O–H groups in total. The first-order chi connectivity index (χ1) is 10.8. The van der Waals surface area contributed by atoms with E-state index in [0.29, 0.717) is 11.3 Å². The monoisotopic (exact) mass is 395 g/mol. The summed E-state index contributed by atoms with van der Waals surface area (Å²) in [7, 11) is -3.69. The van der Waals surface area contributed by atoms with Crippen LogP contribution in [0.3, 0.4) is 0 Å². The van der Waals surface area contributed by atoms with E-state index >= 15 is 0 Å². The second-order valence-corrected chi connectivity index (χ2v) is 7.32. The van der Waals surface area contributed by atoms with Crippen molar-refractivity contribution in [3.05, 3.63) is 69.0 Å². The van der Waals surface area contributed by atoms with Crippen LogP contribution < -0.4 is 4.72 Å². The highest BCUT2D eigenvalue weighted by atomic mass is 79.9. The number of halogens is 1. The molecular formula is C16H14BrNO4S. The molecule has 2 aromatic carbocycles. The van der Waals surface area contributed by atoms with Crippen LogP contribution in [-0.4, -0.2) is 19.5 Å². The number of carbonyl (C=O) groups is 1. The third kappa shape index (κ3) is 4.94. The highest BCUT2D eigenvalue weighted by Gasteiger charge is 2.10. The first kappa shape index (κ1) is 17.2. The highest BCUT2D eigenvalue weighted by Crippen LogP contribution is 2.19. The zero-order valence-electron chi connectivity index (χ0n) is 12.2. The van der Waals surface area contributed by atoms with Gasteiger partial charge >= 0.3 is 5.97 Å². The van der Waals surface area contributed by atoms with Gasteiger partial charge in [-0.1, -0.05) is 28.1 Å². The van der Waals surface area contributed by atoms with Crippen LogP contribution >= 0.6 is 15.9 Å². The molecule has 0 heterocycles. The van der Waals surface area contributed by atoms with Crippen molar-refractivity contribution < 1.29 is 18.3 Å². The Labute approximate surface area is 142 Å². The fourth-order valence-electron chi connectivity index (χ4n) is 1.88. The Balaban J connectivity index is 2.20. The fraction of sp³-hybridized carbons (Fsp3) is 0.0625. The number of rotatable bonds is 5. The van der Waals surface area contributed by atoms with Crippen LogP contribution in [0, 0.1) is 6.92 Å². The van der Waals surface area contributed by atoms with Gasteiger partial charge in [0.1, 0.15) is 0 Å². The zero-order chi connectivity index (χ0) is 17.0. The molecule has 0 amide bonds. The molecule has 0 fully saturated rings. The Hall–Kier alpha value is -2.12. The smallest absolute Gasteiger partial charge is 0.335 e. The summed E-state index contributed by atoms with van der Waals surface area (Å²) in [5.74, 6) is -1.06. The third-order valence-corrected chi connectivity index (χ3v) is 4.51. The number of benzene rings is 2. The second-order valence-electron chi connectivity index (χ2n) is 4.84. The summed E-state index contributed by atoms with van der Waals surface area (Å²) in [4.78, 5) is 10.9. The van der Waals surface area contributed by atoms with Gasteiger partial charge in [-0.2, -0.15) is 0 Å². The molecule has 23 heavy (non-hydrogen) atoms. The van der Waals surface area contributed by atoms with Crippen molar-refractivity contribution >= 4 is 43.7 Å². The van der Waals surface area contributed by atoms with Crippen LogP contribution in [0.25, 0.3) is 6.08 Å². The molecular weight excluding hydrogens is 382 g/mol. The van der Waals surface area contributed by atoms with Crippen LogP contribution in [0.15, 0.2) is 52.3 Å². The maximum Gasteiger partial charge on any atom is 0.335 e. The lowest BCUT2D eigenvalue weighted by molar-refractivity contribution is 0.0697. The zero-order valence-corrected chi connectivity index (χ0v) is 14.6. The standard InChI is InChI=1S/C16H14BrNO4S/c1-11-9-13(16(19)20)5-6-15(11)18-23(21,22)8-7-12-3-2-4-14(17)10-12/h2-10,18H,1H3,(H,19,20)/b8-7+. The molecule has 0 aromatic heterocycles. The van der Waals surface area contributed by atoms with Crippen molar-refractivity contribution in [1.29, 1.82) is 0 Å². The van der Waals surface area contributed by atoms with Gasteiger partial charge in [0.15, 0.2) is 0 Å². The summed E-state index contributed by atoms with van der Waals surface area (Å²) in [6.45, 7) is 1.64. The van der Waals surface area contributed by atoms with Crippen molar-refractivity contribution in [3.8, 4) is 0 Å². The first-order valence-electron chi connectivity index (χ1n) is 6.57. The topological polar surface area (TPSA) is 83.5 Å². The average Bonchev–Trinajstić information content (AvgIpc) is 2.47. The van der Waals surface area contributed by atoms with Gasteiger partial charge in [0.25, 0.3) is 10.0 Å². The van der Waals surface area contributed by atoms with E-state index in [1.54, 1.807) is 25.1 Å². The van der Waals surface area contributed by atoms with Gasteiger partial charge < -0.3 is 5.11 Å². The van der Waals surface area contributed by atoms with Crippen molar-refractivity contribution in [2.75, 3.05) is 4.72 Å².